The minimum absolute atomic E-state index is 0.0557. The maximum Gasteiger partial charge on any atom is 0.280 e. The lowest BCUT2D eigenvalue weighted by atomic mass is 10.3. The van der Waals surface area contributed by atoms with Gasteiger partial charge < -0.3 is 22.1 Å². The molecule has 9 N–H and O–H groups in total. The number of rotatable bonds is 7. The number of nitrogen functional groups attached to an aromatic ring is 2. The molecule has 2 aromatic rings. The number of carbonyl (C=O) groups is 2. The molecule has 15 heteroatoms. The first-order chi connectivity index (χ1) is 14.5. The molecule has 0 radical (unpaired) electrons. The number of halogens is 1. The van der Waals surface area contributed by atoms with Crippen LogP contribution in [0.1, 0.15) is 17.4 Å². The van der Waals surface area contributed by atoms with Crippen LogP contribution >= 0.6 is 11.6 Å². The molecule has 2 amide bonds. The minimum atomic E-state index is -3.60. The molecule has 1 aromatic heterocycles. The Bertz CT molecular complexity index is 1110. The van der Waals surface area contributed by atoms with Crippen molar-refractivity contribution in [1.82, 2.24) is 25.3 Å². The van der Waals surface area contributed by atoms with Gasteiger partial charge in [-0.25, -0.2) is 23.1 Å². The van der Waals surface area contributed by atoms with E-state index in [4.69, 9.17) is 28.5 Å². The van der Waals surface area contributed by atoms with Gasteiger partial charge in [0.2, 0.25) is 15.9 Å². The van der Waals surface area contributed by atoms with Crippen molar-refractivity contribution < 1.29 is 18.0 Å². The van der Waals surface area contributed by atoms with Gasteiger partial charge in [-0.05, 0) is 24.3 Å². The van der Waals surface area contributed by atoms with Crippen molar-refractivity contribution in [3.8, 4) is 0 Å². The fourth-order valence-corrected chi connectivity index (χ4v) is 3.36. The van der Waals surface area contributed by atoms with Crippen LogP contribution in [0.2, 0.25) is 5.15 Å². The molecule has 0 bridgehead atoms. The number of nitrogens with two attached hydrogens (primary N) is 2. The molecule has 13 nitrogen and oxygen atoms in total. The van der Waals surface area contributed by atoms with Crippen molar-refractivity contribution in [3.63, 3.8) is 0 Å². The Morgan fingerprint density at radius 3 is 2.39 bits per heavy atom. The van der Waals surface area contributed by atoms with E-state index in [1.165, 1.54) is 24.3 Å². The van der Waals surface area contributed by atoms with Gasteiger partial charge in [0.25, 0.3) is 5.91 Å². The van der Waals surface area contributed by atoms with Gasteiger partial charge >= 0.3 is 0 Å². The molecule has 0 fully saturated rings. The summed E-state index contributed by atoms with van der Waals surface area (Å²) in [6.07, 6.45) is 0. The van der Waals surface area contributed by atoms with Crippen LogP contribution < -0.4 is 32.1 Å². The number of anilines is 3. The molecule has 31 heavy (non-hydrogen) atoms. The lowest BCUT2D eigenvalue weighted by Gasteiger charge is -2.11. The van der Waals surface area contributed by atoms with Crippen LogP contribution in [0.5, 0.6) is 0 Å². The van der Waals surface area contributed by atoms with E-state index in [1.807, 2.05) is 0 Å². The highest BCUT2D eigenvalue weighted by molar-refractivity contribution is 7.89. The largest absolute Gasteiger partial charge is 0.382 e. The number of guanidine groups is 1. The average Bonchev–Trinajstić information content (AvgIpc) is 2.69. The lowest BCUT2D eigenvalue weighted by Crippen LogP contribution is -2.43. The summed E-state index contributed by atoms with van der Waals surface area (Å²) in [5.74, 6) is -2.34. The highest BCUT2D eigenvalue weighted by Crippen LogP contribution is 2.17. The van der Waals surface area contributed by atoms with Crippen LogP contribution in [0.4, 0.5) is 17.3 Å². The number of amides is 2. The summed E-state index contributed by atoms with van der Waals surface area (Å²) in [5.41, 5.74) is 11.0. The molecular weight excluding hydrogens is 450 g/mol. The predicted molar refractivity (Wildman–Crippen MR) is 115 cm³/mol. The molecular formula is C16H20ClN9O4S. The molecule has 2 rings (SSSR count). The molecule has 0 atom stereocenters. The highest BCUT2D eigenvalue weighted by atomic mass is 35.5. The quantitative estimate of drug-likeness (QED) is 0.204. The van der Waals surface area contributed by atoms with E-state index < -0.39 is 27.8 Å². The van der Waals surface area contributed by atoms with Gasteiger partial charge in [-0.3, -0.25) is 20.3 Å². The van der Waals surface area contributed by atoms with Gasteiger partial charge in [-0.1, -0.05) is 18.5 Å². The Morgan fingerprint density at radius 1 is 1.13 bits per heavy atom. The van der Waals surface area contributed by atoms with Crippen molar-refractivity contribution in [3.05, 3.63) is 35.1 Å². The van der Waals surface area contributed by atoms with Crippen molar-refractivity contribution in [2.24, 2.45) is 0 Å². The Labute approximate surface area is 182 Å². The molecule has 0 aliphatic carbocycles. The second kappa shape index (κ2) is 10.0. The normalized spacial score (nSPS) is 10.9. The number of nitrogens with one attached hydrogen (secondary N) is 5. The molecule has 0 spiro atoms. The first-order valence-corrected chi connectivity index (χ1v) is 10.5. The van der Waals surface area contributed by atoms with E-state index in [2.05, 4.69) is 30.6 Å². The van der Waals surface area contributed by atoms with Crippen LogP contribution in [0.25, 0.3) is 0 Å². The van der Waals surface area contributed by atoms with Crippen molar-refractivity contribution >= 4 is 56.7 Å². The molecule has 0 saturated heterocycles. The Morgan fingerprint density at radius 2 is 1.77 bits per heavy atom. The molecule has 1 aromatic carbocycles. The maximum atomic E-state index is 12.1. The van der Waals surface area contributed by atoms with Crippen molar-refractivity contribution in [2.45, 2.75) is 11.8 Å². The van der Waals surface area contributed by atoms with Crippen molar-refractivity contribution in [1.29, 1.82) is 5.41 Å². The molecule has 166 valence electrons. The van der Waals surface area contributed by atoms with Crippen molar-refractivity contribution in [2.75, 3.05) is 29.9 Å². The highest BCUT2D eigenvalue weighted by Gasteiger charge is 2.17. The summed E-state index contributed by atoms with van der Waals surface area (Å²) < 4.78 is 26.1. The van der Waals surface area contributed by atoms with E-state index in [1.54, 1.807) is 6.92 Å². The lowest BCUT2D eigenvalue weighted by molar-refractivity contribution is -0.115. The van der Waals surface area contributed by atoms with Crippen LogP contribution in [-0.2, 0) is 14.8 Å². The summed E-state index contributed by atoms with van der Waals surface area (Å²) in [6, 6.07) is 5.52. The molecule has 0 saturated carbocycles. The third-order valence-corrected chi connectivity index (χ3v) is 5.41. The topological polar surface area (TPSA) is 218 Å². The number of hydrogen-bond acceptors (Lipinski definition) is 9. The Balaban J connectivity index is 1.88. The zero-order chi connectivity index (χ0) is 23.2. The first-order valence-electron chi connectivity index (χ1n) is 8.65. The van der Waals surface area contributed by atoms with Crippen LogP contribution in [-0.4, -0.2) is 49.2 Å². The van der Waals surface area contributed by atoms with Gasteiger partial charge in [-0.15, -0.1) is 0 Å². The molecule has 0 aliphatic heterocycles. The summed E-state index contributed by atoms with van der Waals surface area (Å²) in [5, 5.41) is 14.5. The van der Waals surface area contributed by atoms with E-state index in [0.717, 1.165) is 0 Å². The van der Waals surface area contributed by atoms with Gasteiger partial charge in [-0.2, -0.15) is 0 Å². The molecule has 1 heterocycles. The van der Waals surface area contributed by atoms with E-state index in [0.29, 0.717) is 5.69 Å². The number of hydrogen-bond donors (Lipinski definition) is 7. The number of aromatic nitrogens is 2. The average molecular weight is 470 g/mol. The van der Waals surface area contributed by atoms with E-state index in [9.17, 15) is 18.0 Å². The Hall–Kier alpha value is -3.49. The Kier molecular flexibility index (Phi) is 7.68. The third-order valence-electron chi connectivity index (χ3n) is 3.57. The van der Waals surface area contributed by atoms with Gasteiger partial charge in [0.05, 0.1) is 11.4 Å². The van der Waals surface area contributed by atoms with Gasteiger partial charge in [0, 0.05) is 12.2 Å². The van der Waals surface area contributed by atoms with E-state index in [-0.39, 0.29) is 40.5 Å². The van der Waals surface area contributed by atoms with Crippen LogP contribution in [0.15, 0.2) is 29.2 Å². The number of nitrogens with zero attached hydrogens (tertiary/aromatic N) is 2. The predicted octanol–water partition coefficient (Wildman–Crippen LogP) is -0.515. The zero-order valence-corrected chi connectivity index (χ0v) is 17.8. The fraction of sp³-hybridized carbons (Fsp3) is 0.188. The summed E-state index contributed by atoms with van der Waals surface area (Å²) in [7, 11) is -3.60. The number of carbonyl (C=O) groups excluding carboxylic acids is 2. The SMILES string of the molecule is CCNS(=O)(=O)c1ccc(NC(=O)CNC(=N)NC(=O)c2nc(Cl)c(N)nc2N)cc1. The summed E-state index contributed by atoms with van der Waals surface area (Å²) in [4.78, 5) is 31.5. The molecule has 0 unspecified atom stereocenters. The maximum absolute atomic E-state index is 12.1. The fourth-order valence-electron chi connectivity index (χ4n) is 2.19. The second-order valence-electron chi connectivity index (χ2n) is 5.89. The zero-order valence-electron chi connectivity index (χ0n) is 16.2. The molecule has 0 aliphatic rings. The number of benzene rings is 1. The van der Waals surface area contributed by atoms with Gasteiger partial charge in [0.15, 0.2) is 28.4 Å². The minimum Gasteiger partial charge on any atom is -0.382 e. The monoisotopic (exact) mass is 469 g/mol. The smallest absolute Gasteiger partial charge is 0.280 e. The van der Waals surface area contributed by atoms with Crippen LogP contribution in [0.3, 0.4) is 0 Å². The summed E-state index contributed by atoms with van der Waals surface area (Å²) in [6.45, 7) is 1.55. The first kappa shape index (κ1) is 23.8. The summed E-state index contributed by atoms with van der Waals surface area (Å²) >= 11 is 5.70. The van der Waals surface area contributed by atoms with E-state index >= 15 is 0 Å². The number of sulfonamides is 1. The van der Waals surface area contributed by atoms with Crippen LogP contribution in [0, 0.1) is 5.41 Å². The third kappa shape index (κ3) is 6.50. The standard InChI is InChI=1S/C16H20ClN9O4S/c1-2-22-31(29,30)9-5-3-8(4-6-9)23-10(27)7-21-16(20)26-15(28)11-13(18)25-14(19)12(17)24-11/h3-6,22H,2,7H2,1H3,(H,23,27)(H4,18,19,25)(H3,20,21,26,28). The van der Waals surface area contributed by atoms with Gasteiger partial charge in [0.1, 0.15) is 0 Å². The second-order valence-corrected chi connectivity index (χ2v) is 8.02.